The van der Waals surface area contributed by atoms with Gasteiger partial charge in [-0.2, -0.15) is 0 Å². The number of rotatable bonds is 6. The number of halogens is 2. The number of benzene rings is 1. The van der Waals surface area contributed by atoms with E-state index in [1.807, 2.05) is 0 Å². The second-order valence-corrected chi connectivity index (χ2v) is 8.75. The summed E-state index contributed by atoms with van der Waals surface area (Å²) in [5.41, 5.74) is 7.20. The summed E-state index contributed by atoms with van der Waals surface area (Å²) < 4.78 is 54.0. The van der Waals surface area contributed by atoms with E-state index in [0.717, 1.165) is 4.47 Å². The minimum Gasteiger partial charge on any atom is -0.479 e. The van der Waals surface area contributed by atoms with Crippen LogP contribution in [0.4, 0.5) is 5.69 Å². The van der Waals surface area contributed by atoms with E-state index in [4.69, 9.17) is 22.1 Å². The SMILES string of the molecule is [2H]C1([2H])CC(NCc2cc(Br)cc(Br)c2N)CC([2H])([2H])C1([2H])O[C@@H]1O[C@H](C(=O)O)[C@@H](O)[C@H](O)[C@H]1O. The zero-order chi connectivity index (χ0) is 26.5. The highest BCUT2D eigenvalue weighted by molar-refractivity contribution is 9.11. The number of carboxylic acid groups (broad SMARTS) is 1. The molecule has 9 nitrogen and oxygen atoms in total. The molecular formula is C19H26Br2N2O7. The molecule has 2 fully saturated rings. The smallest absolute Gasteiger partial charge is 0.335 e. The maximum absolute atomic E-state index is 11.3. The number of aliphatic hydroxyl groups excluding tert-OH is 3. The van der Waals surface area contributed by atoms with Crippen LogP contribution in [0.15, 0.2) is 21.1 Å². The van der Waals surface area contributed by atoms with Crippen LogP contribution >= 0.6 is 31.9 Å². The molecule has 1 aromatic carbocycles. The standard InChI is InChI=1S/C19H26Br2N2O7/c20-9-5-8(13(22)12(21)6-9)7-23-10-1-3-11(4-2-10)29-19-16(26)14(24)15(25)17(30-19)18(27)28/h5-6,10-11,14-17,19,23-26H,1-4,7,22H2,(H,27,28)/t10?,11?,14-,15-,16+,17-,19+/m0/s1/i3D2,4D2,11D. The first-order valence-electron chi connectivity index (χ1n) is 11.6. The molecule has 3 rings (SSSR count). The van der Waals surface area contributed by atoms with Crippen LogP contribution in [0, 0.1) is 0 Å². The molecule has 1 aliphatic heterocycles. The Balaban J connectivity index is 1.79. The van der Waals surface area contributed by atoms with Crippen LogP contribution < -0.4 is 11.1 Å². The number of nitrogens with one attached hydrogen (secondary N) is 1. The number of anilines is 1. The van der Waals surface area contributed by atoms with Crippen LogP contribution in [-0.4, -0.2) is 69.2 Å². The van der Waals surface area contributed by atoms with Gasteiger partial charge in [0.05, 0.1) is 13.1 Å². The van der Waals surface area contributed by atoms with E-state index in [-0.39, 0.29) is 19.4 Å². The monoisotopic (exact) mass is 557 g/mol. The maximum atomic E-state index is 11.3. The average molecular weight is 559 g/mol. The lowest BCUT2D eigenvalue weighted by atomic mass is 9.92. The molecule has 0 spiro atoms. The first-order chi connectivity index (χ1) is 16.0. The third-order valence-corrected chi connectivity index (χ3v) is 5.94. The van der Waals surface area contributed by atoms with Crippen LogP contribution in [0.1, 0.15) is 38.0 Å². The molecule has 0 radical (unpaired) electrons. The van der Waals surface area contributed by atoms with Crippen molar-refractivity contribution in [3.8, 4) is 0 Å². The minimum atomic E-state index is -2.95. The van der Waals surface area contributed by atoms with Crippen LogP contribution in [0.25, 0.3) is 0 Å². The van der Waals surface area contributed by atoms with Crippen LogP contribution in [0.3, 0.4) is 0 Å². The Hall–Kier alpha value is -0.790. The van der Waals surface area contributed by atoms with Crippen molar-refractivity contribution in [1.29, 1.82) is 0 Å². The van der Waals surface area contributed by atoms with Gasteiger partial charge in [-0.3, -0.25) is 0 Å². The summed E-state index contributed by atoms with van der Waals surface area (Å²) in [4.78, 5) is 11.3. The highest BCUT2D eigenvalue weighted by Gasteiger charge is 2.48. The topological polar surface area (TPSA) is 154 Å². The first-order valence-corrected chi connectivity index (χ1v) is 10.7. The highest BCUT2D eigenvalue weighted by atomic mass is 79.9. The van der Waals surface area contributed by atoms with Crippen molar-refractivity contribution >= 4 is 43.5 Å². The third-order valence-electron chi connectivity index (χ3n) is 4.83. The number of nitrogens with two attached hydrogens (primary N) is 1. The summed E-state index contributed by atoms with van der Waals surface area (Å²) in [5.74, 6) is -1.69. The fourth-order valence-electron chi connectivity index (χ4n) is 3.10. The van der Waals surface area contributed by atoms with Gasteiger partial charge in [0, 0.05) is 27.0 Å². The number of hydrogen-bond donors (Lipinski definition) is 6. The molecule has 7 N–H and O–H groups in total. The van der Waals surface area contributed by atoms with Crippen molar-refractivity contribution in [3.05, 3.63) is 26.6 Å². The quantitative estimate of drug-likeness (QED) is 0.282. The lowest BCUT2D eigenvalue weighted by molar-refractivity contribution is -0.306. The normalized spacial score (nSPS) is 42.9. The second kappa shape index (κ2) is 10.2. The Labute approximate surface area is 197 Å². The van der Waals surface area contributed by atoms with Gasteiger partial charge in [-0.25, -0.2) is 4.79 Å². The van der Waals surface area contributed by atoms with E-state index in [1.54, 1.807) is 12.1 Å². The summed E-state index contributed by atoms with van der Waals surface area (Å²) in [7, 11) is 0. The molecule has 0 unspecified atom stereocenters. The lowest BCUT2D eigenvalue weighted by Crippen LogP contribution is -2.61. The molecule has 5 atom stereocenters. The number of ether oxygens (including phenoxy) is 2. The van der Waals surface area contributed by atoms with E-state index >= 15 is 0 Å². The third kappa shape index (κ3) is 5.52. The number of hydrogen-bond acceptors (Lipinski definition) is 8. The Morgan fingerprint density at radius 2 is 1.93 bits per heavy atom. The molecule has 0 amide bonds. The molecule has 30 heavy (non-hydrogen) atoms. The van der Waals surface area contributed by atoms with Crippen molar-refractivity contribution in [3.63, 3.8) is 0 Å². The predicted octanol–water partition coefficient (Wildman–Crippen LogP) is 1.10. The Bertz CT molecular complexity index is 958. The van der Waals surface area contributed by atoms with Crippen molar-refractivity contribution in [1.82, 2.24) is 5.32 Å². The Morgan fingerprint density at radius 1 is 1.27 bits per heavy atom. The number of aliphatic hydroxyl groups is 3. The summed E-state index contributed by atoms with van der Waals surface area (Å²) in [6.45, 7) is 0.182. The van der Waals surface area contributed by atoms with Crippen molar-refractivity contribution in [2.24, 2.45) is 0 Å². The van der Waals surface area contributed by atoms with Gasteiger partial charge in [0.25, 0.3) is 0 Å². The molecule has 0 bridgehead atoms. The van der Waals surface area contributed by atoms with Gasteiger partial charge in [-0.15, -0.1) is 0 Å². The fraction of sp³-hybridized carbons (Fsp3) is 0.632. The van der Waals surface area contributed by atoms with E-state index in [2.05, 4.69) is 37.2 Å². The summed E-state index contributed by atoms with van der Waals surface area (Å²) >= 11 is 6.70. The summed E-state index contributed by atoms with van der Waals surface area (Å²) in [6, 6.07) is 2.78. The first kappa shape index (κ1) is 17.7. The van der Waals surface area contributed by atoms with Crippen molar-refractivity contribution in [2.75, 3.05) is 5.73 Å². The molecule has 1 aliphatic carbocycles. The molecule has 1 saturated carbocycles. The van der Waals surface area contributed by atoms with Crippen LogP contribution in [0.2, 0.25) is 0 Å². The maximum Gasteiger partial charge on any atom is 0.335 e. The number of nitrogen functional groups attached to an aromatic ring is 1. The largest absolute Gasteiger partial charge is 0.479 e. The van der Waals surface area contributed by atoms with Crippen LogP contribution in [-0.2, 0) is 20.8 Å². The number of carbonyl (C=O) groups is 1. The predicted molar refractivity (Wildman–Crippen MR) is 115 cm³/mol. The van der Waals surface area contributed by atoms with Crippen molar-refractivity contribution in [2.45, 2.75) is 75.0 Å². The van der Waals surface area contributed by atoms with E-state index in [9.17, 15) is 25.2 Å². The number of carboxylic acids is 1. The molecule has 1 saturated heterocycles. The summed E-state index contributed by atoms with van der Waals surface area (Å²) in [5, 5.41) is 42.3. The van der Waals surface area contributed by atoms with Gasteiger partial charge in [-0.1, -0.05) is 15.9 Å². The highest BCUT2D eigenvalue weighted by Crippen LogP contribution is 2.30. The zero-order valence-corrected chi connectivity index (χ0v) is 18.8. The second-order valence-electron chi connectivity index (χ2n) is 6.98. The molecule has 11 heteroatoms. The van der Waals surface area contributed by atoms with Crippen LogP contribution in [0.5, 0.6) is 0 Å². The zero-order valence-electron chi connectivity index (χ0n) is 20.6. The minimum absolute atomic E-state index is 0.182. The van der Waals surface area contributed by atoms with Gasteiger partial charge in [-0.05, 0) is 59.2 Å². The van der Waals surface area contributed by atoms with Gasteiger partial charge < -0.3 is 41.0 Å². The molecule has 1 aromatic rings. The van der Waals surface area contributed by atoms with Crippen molar-refractivity contribution < 1.29 is 41.5 Å². The molecule has 0 aromatic heterocycles. The molecule has 1 heterocycles. The number of aliphatic carboxylic acids is 1. The Morgan fingerprint density at radius 3 is 2.57 bits per heavy atom. The summed E-state index contributed by atoms with van der Waals surface area (Å²) in [6.07, 6.45) is -19.2. The van der Waals surface area contributed by atoms with Gasteiger partial charge >= 0.3 is 5.97 Å². The Kier molecular flexibility index (Phi) is 6.04. The van der Waals surface area contributed by atoms with E-state index in [1.165, 1.54) is 0 Å². The fourth-order valence-corrected chi connectivity index (χ4v) is 4.41. The van der Waals surface area contributed by atoms with E-state index in [0.29, 0.717) is 15.7 Å². The molecule has 168 valence electrons. The van der Waals surface area contributed by atoms with E-state index < -0.39 is 61.5 Å². The average Bonchev–Trinajstić information content (AvgIpc) is 2.73. The van der Waals surface area contributed by atoms with Gasteiger partial charge in [0.1, 0.15) is 18.3 Å². The molecular weight excluding hydrogens is 528 g/mol. The van der Waals surface area contributed by atoms with Gasteiger partial charge in [0.15, 0.2) is 12.4 Å². The molecule has 2 aliphatic rings. The lowest BCUT2D eigenvalue weighted by Gasteiger charge is -2.40. The van der Waals surface area contributed by atoms with Gasteiger partial charge in [0.2, 0.25) is 0 Å².